The fourth-order valence-electron chi connectivity index (χ4n) is 2.01. The van der Waals surface area contributed by atoms with Gasteiger partial charge >= 0.3 is 5.97 Å². The molecular weight excluding hydrogens is 274 g/mol. The molecule has 0 bridgehead atoms. The lowest BCUT2D eigenvalue weighted by Crippen LogP contribution is -2.45. The molecule has 2 N–H and O–H groups in total. The average Bonchev–Trinajstić information content (AvgIpc) is 2.36. The maximum Gasteiger partial charge on any atom is 0.305 e. The maximum atomic E-state index is 12.0. The van der Waals surface area contributed by atoms with Gasteiger partial charge in [0.05, 0.1) is 27.1 Å². The number of carbonyl (C=O) groups is 2. The van der Waals surface area contributed by atoms with E-state index in [0.29, 0.717) is 17.1 Å². The summed E-state index contributed by atoms with van der Waals surface area (Å²) in [5, 5.41) is 11.5. The summed E-state index contributed by atoms with van der Waals surface area (Å²) in [6, 6.07) is 5.19. The molecule has 21 heavy (non-hydrogen) atoms. The third-order valence-electron chi connectivity index (χ3n) is 2.92. The van der Waals surface area contributed by atoms with Gasteiger partial charge in [-0.1, -0.05) is 6.07 Å². The van der Waals surface area contributed by atoms with Crippen molar-refractivity contribution in [3.63, 3.8) is 0 Å². The minimum absolute atomic E-state index is 0.107. The topological polar surface area (TPSA) is 84.9 Å². The highest BCUT2D eigenvalue weighted by Crippen LogP contribution is 2.25. The van der Waals surface area contributed by atoms with E-state index in [0.717, 1.165) is 0 Å². The molecule has 0 aliphatic carbocycles. The van der Waals surface area contributed by atoms with Crippen LogP contribution in [-0.2, 0) is 16.0 Å². The smallest absolute Gasteiger partial charge is 0.305 e. The van der Waals surface area contributed by atoms with Gasteiger partial charge in [0.15, 0.2) is 0 Å². The first-order valence-corrected chi connectivity index (χ1v) is 6.51. The average molecular weight is 295 g/mol. The Labute approximate surface area is 124 Å². The first kappa shape index (κ1) is 16.8. The minimum atomic E-state index is -0.956. The molecule has 0 spiro atoms. The Morgan fingerprint density at radius 1 is 1.24 bits per heavy atom. The summed E-state index contributed by atoms with van der Waals surface area (Å²) < 4.78 is 10.3. The van der Waals surface area contributed by atoms with Crippen molar-refractivity contribution in [2.75, 3.05) is 14.2 Å². The lowest BCUT2D eigenvalue weighted by atomic mass is 10.00. The summed E-state index contributed by atoms with van der Waals surface area (Å²) >= 11 is 0. The lowest BCUT2D eigenvalue weighted by Gasteiger charge is -2.24. The van der Waals surface area contributed by atoms with E-state index in [1.807, 2.05) is 0 Å². The summed E-state index contributed by atoms with van der Waals surface area (Å²) in [6.45, 7) is 3.34. The number of ether oxygens (including phenoxy) is 2. The van der Waals surface area contributed by atoms with Crippen molar-refractivity contribution in [2.24, 2.45) is 0 Å². The van der Waals surface area contributed by atoms with Crippen molar-refractivity contribution < 1.29 is 24.2 Å². The molecule has 1 rings (SSSR count). The summed E-state index contributed by atoms with van der Waals surface area (Å²) in [5.41, 5.74) is -0.0928. The molecule has 1 aromatic rings. The second-order valence-electron chi connectivity index (χ2n) is 5.36. The van der Waals surface area contributed by atoms with Gasteiger partial charge in [-0.05, 0) is 19.9 Å². The molecule has 0 heterocycles. The molecule has 6 heteroatoms. The predicted molar refractivity (Wildman–Crippen MR) is 77.7 cm³/mol. The van der Waals surface area contributed by atoms with Gasteiger partial charge in [-0.2, -0.15) is 0 Å². The number of amides is 1. The number of rotatable bonds is 7. The molecule has 0 fully saturated rings. The van der Waals surface area contributed by atoms with E-state index in [4.69, 9.17) is 14.6 Å². The fourth-order valence-corrected chi connectivity index (χ4v) is 2.01. The minimum Gasteiger partial charge on any atom is -0.497 e. The first-order chi connectivity index (χ1) is 9.77. The van der Waals surface area contributed by atoms with Gasteiger partial charge in [0.1, 0.15) is 11.5 Å². The van der Waals surface area contributed by atoms with Gasteiger partial charge in [-0.25, -0.2) is 0 Å². The Morgan fingerprint density at radius 3 is 2.43 bits per heavy atom. The molecule has 1 aromatic carbocycles. The number of aliphatic carboxylic acids is 1. The first-order valence-electron chi connectivity index (χ1n) is 6.51. The molecule has 116 valence electrons. The largest absolute Gasteiger partial charge is 0.497 e. The monoisotopic (exact) mass is 295 g/mol. The number of nitrogens with one attached hydrogen (secondary N) is 1. The summed E-state index contributed by atoms with van der Waals surface area (Å²) in [7, 11) is 3.07. The highest BCUT2D eigenvalue weighted by Gasteiger charge is 2.24. The van der Waals surface area contributed by atoms with E-state index >= 15 is 0 Å². The van der Waals surface area contributed by atoms with Crippen molar-refractivity contribution in [1.82, 2.24) is 5.32 Å². The van der Waals surface area contributed by atoms with Crippen LogP contribution in [0.2, 0.25) is 0 Å². The van der Waals surface area contributed by atoms with Crippen molar-refractivity contribution >= 4 is 11.9 Å². The lowest BCUT2D eigenvalue weighted by molar-refractivity contribution is -0.138. The van der Waals surface area contributed by atoms with Gasteiger partial charge in [0.25, 0.3) is 0 Å². The summed E-state index contributed by atoms with van der Waals surface area (Å²) in [5.74, 6) is -0.0187. The molecule has 6 nitrogen and oxygen atoms in total. The second-order valence-corrected chi connectivity index (χ2v) is 5.36. The second kappa shape index (κ2) is 6.97. The van der Waals surface area contributed by atoms with Gasteiger partial charge in [0, 0.05) is 17.2 Å². The zero-order chi connectivity index (χ0) is 16.0. The van der Waals surface area contributed by atoms with E-state index in [2.05, 4.69) is 5.32 Å². The van der Waals surface area contributed by atoms with Crippen molar-refractivity contribution in [2.45, 2.75) is 32.2 Å². The zero-order valence-electron chi connectivity index (χ0n) is 12.7. The normalized spacial score (nSPS) is 10.9. The molecule has 1 amide bonds. The van der Waals surface area contributed by atoms with E-state index < -0.39 is 11.5 Å². The Bertz CT molecular complexity index is 525. The van der Waals surface area contributed by atoms with Crippen molar-refractivity contribution in [3.05, 3.63) is 23.8 Å². The van der Waals surface area contributed by atoms with Crippen LogP contribution in [0.15, 0.2) is 18.2 Å². The number of carboxylic acids is 1. The van der Waals surface area contributed by atoms with Crippen LogP contribution in [0.5, 0.6) is 11.5 Å². The van der Waals surface area contributed by atoms with Crippen LogP contribution in [0.25, 0.3) is 0 Å². The Kier molecular flexibility index (Phi) is 5.58. The van der Waals surface area contributed by atoms with Crippen LogP contribution in [0.3, 0.4) is 0 Å². The predicted octanol–water partition coefficient (Wildman–Crippen LogP) is 1.62. The number of hydrogen-bond donors (Lipinski definition) is 2. The van der Waals surface area contributed by atoms with Crippen molar-refractivity contribution in [1.29, 1.82) is 0 Å². The molecule has 0 aliphatic rings. The number of carboxylic acid groups (broad SMARTS) is 1. The molecule has 0 saturated carbocycles. The van der Waals surface area contributed by atoms with Crippen LogP contribution in [-0.4, -0.2) is 36.7 Å². The highest BCUT2D eigenvalue weighted by molar-refractivity contribution is 5.81. The van der Waals surface area contributed by atoms with E-state index in [1.165, 1.54) is 7.11 Å². The summed E-state index contributed by atoms with van der Waals surface area (Å²) in [6.07, 6.45) is -0.0330. The molecule has 0 aromatic heterocycles. The van der Waals surface area contributed by atoms with Crippen LogP contribution in [0.4, 0.5) is 0 Å². The van der Waals surface area contributed by atoms with Crippen LogP contribution >= 0.6 is 0 Å². The van der Waals surface area contributed by atoms with Gasteiger partial charge < -0.3 is 19.9 Å². The Morgan fingerprint density at radius 2 is 1.90 bits per heavy atom. The SMILES string of the molecule is COc1ccc(CC(=O)NC(C)(C)CC(=O)O)c(OC)c1. The number of benzene rings is 1. The van der Waals surface area contributed by atoms with Gasteiger partial charge in [-0.3, -0.25) is 9.59 Å². The third-order valence-corrected chi connectivity index (χ3v) is 2.92. The molecule has 0 saturated heterocycles. The van der Waals surface area contributed by atoms with E-state index in [-0.39, 0.29) is 18.7 Å². The number of methoxy groups -OCH3 is 2. The molecular formula is C15H21NO5. The highest BCUT2D eigenvalue weighted by atomic mass is 16.5. The van der Waals surface area contributed by atoms with Crippen LogP contribution in [0, 0.1) is 0 Å². The van der Waals surface area contributed by atoms with Gasteiger partial charge in [0.2, 0.25) is 5.91 Å². The fraction of sp³-hybridized carbons (Fsp3) is 0.467. The van der Waals surface area contributed by atoms with Crippen LogP contribution in [0.1, 0.15) is 25.8 Å². The Balaban J connectivity index is 2.77. The van der Waals surface area contributed by atoms with E-state index in [9.17, 15) is 9.59 Å². The molecule has 0 radical (unpaired) electrons. The molecule has 0 atom stereocenters. The molecule has 0 aliphatic heterocycles. The number of carbonyl (C=O) groups excluding carboxylic acids is 1. The quantitative estimate of drug-likeness (QED) is 0.798. The zero-order valence-corrected chi connectivity index (χ0v) is 12.7. The van der Waals surface area contributed by atoms with Crippen LogP contribution < -0.4 is 14.8 Å². The molecule has 0 unspecified atom stereocenters. The summed E-state index contributed by atoms with van der Waals surface area (Å²) in [4.78, 5) is 22.8. The van der Waals surface area contributed by atoms with E-state index in [1.54, 1.807) is 39.2 Å². The number of hydrogen-bond acceptors (Lipinski definition) is 4. The third kappa shape index (κ3) is 5.33. The van der Waals surface area contributed by atoms with Gasteiger partial charge in [-0.15, -0.1) is 0 Å². The Hall–Kier alpha value is -2.24. The maximum absolute atomic E-state index is 12.0. The standard InChI is InChI=1S/C15H21NO5/c1-15(2,9-14(18)19)16-13(17)7-10-5-6-11(20-3)8-12(10)21-4/h5-6,8H,7,9H2,1-4H3,(H,16,17)(H,18,19). The van der Waals surface area contributed by atoms with Crippen molar-refractivity contribution in [3.8, 4) is 11.5 Å².